The maximum atomic E-state index is 12.6. The highest BCUT2D eigenvalue weighted by Crippen LogP contribution is 2.23. The van der Waals surface area contributed by atoms with Gasteiger partial charge < -0.3 is 14.8 Å². The molecule has 1 aromatic heterocycles. The van der Waals surface area contributed by atoms with Crippen LogP contribution in [0.3, 0.4) is 0 Å². The van der Waals surface area contributed by atoms with Crippen LogP contribution in [0.5, 0.6) is 5.75 Å². The molecule has 1 aliphatic heterocycles. The van der Waals surface area contributed by atoms with Gasteiger partial charge in [0.2, 0.25) is 5.91 Å². The van der Waals surface area contributed by atoms with Crippen LogP contribution in [0.1, 0.15) is 43.6 Å². The zero-order valence-corrected chi connectivity index (χ0v) is 14.6. The molecule has 0 spiro atoms. The monoisotopic (exact) mass is 342 g/mol. The minimum atomic E-state index is -0.00533. The molecule has 1 unspecified atom stereocenters. The van der Waals surface area contributed by atoms with E-state index in [2.05, 4.69) is 17.1 Å². The van der Waals surface area contributed by atoms with Gasteiger partial charge in [0, 0.05) is 5.92 Å². The summed E-state index contributed by atoms with van der Waals surface area (Å²) >= 11 is 0. The minimum Gasteiger partial charge on any atom is -0.508 e. The van der Waals surface area contributed by atoms with Crippen LogP contribution >= 0.6 is 0 Å². The highest BCUT2D eigenvalue weighted by atomic mass is 16.3. The number of hydrogen-bond acceptors (Lipinski definition) is 4. The summed E-state index contributed by atoms with van der Waals surface area (Å²) in [6.45, 7) is 4.69. The lowest BCUT2D eigenvalue weighted by Crippen LogP contribution is -2.41. The van der Waals surface area contributed by atoms with Crippen molar-refractivity contribution in [3.05, 3.63) is 54.0 Å². The lowest BCUT2D eigenvalue weighted by molar-refractivity contribution is -0.127. The topological polar surface area (TPSA) is 65.7 Å². The maximum absolute atomic E-state index is 12.6. The lowest BCUT2D eigenvalue weighted by atomic mass is 9.94. The Morgan fingerprint density at radius 1 is 1.28 bits per heavy atom. The number of rotatable bonds is 6. The summed E-state index contributed by atoms with van der Waals surface area (Å²) < 4.78 is 5.40. The first-order chi connectivity index (χ1) is 12.2. The molecule has 0 saturated carbocycles. The van der Waals surface area contributed by atoms with Gasteiger partial charge in [0.1, 0.15) is 11.5 Å². The van der Waals surface area contributed by atoms with Crippen molar-refractivity contribution in [2.45, 2.75) is 38.8 Å². The molecule has 25 heavy (non-hydrogen) atoms. The average molecular weight is 342 g/mol. The minimum absolute atomic E-state index is 0.00533. The maximum Gasteiger partial charge on any atom is 0.223 e. The number of benzene rings is 1. The fourth-order valence-electron chi connectivity index (χ4n) is 3.39. The van der Waals surface area contributed by atoms with Crippen molar-refractivity contribution in [3.63, 3.8) is 0 Å². The van der Waals surface area contributed by atoms with Gasteiger partial charge in [-0.05, 0) is 62.2 Å². The number of hydrogen-bond donors (Lipinski definition) is 2. The molecule has 1 amide bonds. The van der Waals surface area contributed by atoms with Crippen LogP contribution in [-0.2, 0) is 11.3 Å². The lowest BCUT2D eigenvalue weighted by Gasteiger charge is -2.31. The van der Waals surface area contributed by atoms with Crippen molar-refractivity contribution in [2.75, 3.05) is 13.1 Å². The number of piperidine rings is 1. The van der Waals surface area contributed by atoms with Crippen molar-refractivity contribution >= 4 is 5.91 Å². The van der Waals surface area contributed by atoms with E-state index >= 15 is 0 Å². The number of nitrogens with zero attached hydrogens (tertiary/aromatic N) is 1. The Bertz CT molecular complexity index is 659. The SMILES string of the molecule is CCC(NC(=O)C1CCN(Cc2ccco2)CC1)c1ccc(O)cc1. The second-order valence-electron chi connectivity index (χ2n) is 6.69. The third kappa shape index (κ3) is 4.63. The third-order valence-electron chi connectivity index (χ3n) is 4.94. The van der Waals surface area contributed by atoms with E-state index in [1.165, 1.54) is 0 Å². The quantitative estimate of drug-likeness (QED) is 0.844. The molecule has 5 heteroatoms. The molecule has 0 bridgehead atoms. The van der Waals surface area contributed by atoms with Crippen molar-refractivity contribution in [1.82, 2.24) is 10.2 Å². The van der Waals surface area contributed by atoms with Gasteiger partial charge in [0.15, 0.2) is 0 Å². The van der Waals surface area contributed by atoms with Crippen LogP contribution in [0.15, 0.2) is 47.1 Å². The van der Waals surface area contributed by atoms with Gasteiger partial charge >= 0.3 is 0 Å². The number of carbonyl (C=O) groups excluding carboxylic acids is 1. The van der Waals surface area contributed by atoms with Crippen molar-refractivity contribution in [2.24, 2.45) is 5.92 Å². The third-order valence-corrected chi connectivity index (χ3v) is 4.94. The fourth-order valence-corrected chi connectivity index (χ4v) is 3.39. The van der Waals surface area contributed by atoms with Crippen LogP contribution < -0.4 is 5.32 Å². The van der Waals surface area contributed by atoms with E-state index in [1.54, 1.807) is 18.4 Å². The Balaban J connectivity index is 1.50. The Hall–Kier alpha value is -2.27. The molecule has 1 saturated heterocycles. The van der Waals surface area contributed by atoms with Crippen LogP contribution in [-0.4, -0.2) is 29.0 Å². The first-order valence-corrected chi connectivity index (χ1v) is 8.99. The van der Waals surface area contributed by atoms with Crippen LogP contribution in [0.2, 0.25) is 0 Å². The number of likely N-dealkylation sites (tertiary alicyclic amines) is 1. The largest absolute Gasteiger partial charge is 0.508 e. The molecular weight excluding hydrogens is 316 g/mol. The number of phenolic OH excluding ortho intramolecular Hbond substituents is 1. The predicted octanol–water partition coefficient (Wildman–Crippen LogP) is 3.46. The Kier molecular flexibility index (Phi) is 5.76. The summed E-state index contributed by atoms with van der Waals surface area (Å²) in [5.41, 5.74) is 1.03. The highest BCUT2D eigenvalue weighted by Gasteiger charge is 2.26. The summed E-state index contributed by atoms with van der Waals surface area (Å²) in [6.07, 6.45) is 4.27. The molecule has 1 atom stereocenters. The average Bonchev–Trinajstić information content (AvgIpc) is 3.14. The summed E-state index contributed by atoms with van der Waals surface area (Å²) in [4.78, 5) is 15.0. The first kappa shape index (κ1) is 17.5. The number of carbonyl (C=O) groups is 1. The van der Waals surface area contributed by atoms with E-state index in [0.29, 0.717) is 0 Å². The van der Waals surface area contributed by atoms with E-state index in [9.17, 15) is 9.90 Å². The second-order valence-corrected chi connectivity index (χ2v) is 6.69. The number of aromatic hydroxyl groups is 1. The molecule has 2 heterocycles. The van der Waals surface area contributed by atoms with Gasteiger partial charge in [-0.2, -0.15) is 0 Å². The summed E-state index contributed by atoms with van der Waals surface area (Å²) in [5, 5.41) is 12.6. The standard InChI is InChI=1S/C20H26N2O3/c1-2-19(15-5-7-17(23)8-6-15)21-20(24)16-9-11-22(12-10-16)14-18-4-3-13-25-18/h3-8,13,16,19,23H,2,9-12,14H2,1H3,(H,21,24). The molecular formula is C20H26N2O3. The molecule has 2 aromatic rings. The van der Waals surface area contributed by atoms with Crippen molar-refractivity contribution in [1.29, 1.82) is 0 Å². The number of phenols is 1. The molecule has 1 aliphatic rings. The molecule has 0 aliphatic carbocycles. The summed E-state index contributed by atoms with van der Waals surface area (Å²) in [6, 6.07) is 11.0. The van der Waals surface area contributed by atoms with Gasteiger partial charge in [-0.25, -0.2) is 0 Å². The number of nitrogens with one attached hydrogen (secondary N) is 1. The van der Waals surface area contributed by atoms with Crippen LogP contribution in [0.25, 0.3) is 0 Å². The van der Waals surface area contributed by atoms with E-state index in [-0.39, 0.29) is 23.6 Å². The Morgan fingerprint density at radius 3 is 2.60 bits per heavy atom. The van der Waals surface area contributed by atoms with Gasteiger partial charge in [0.05, 0.1) is 18.8 Å². The number of furan rings is 1. The van der Waals surface area contributed by atoms with E-state index in [0.717, 1.165) is 50.2 Å². The van der Waals surface area contributed by atoms with Crippen molar-refractivity contribution < 1.29 is 14.3 Å². The summed E-state index contributed by atoms with van der Waals surface area (Å²) in [5.74, 6) is 1.42. The molecule has 3 rings (SSSR count). The van der Waals surface area contributed by atoms with Crippen LogP contribution in [0, 0.1) is 5.92 Å². The van der Waals surface area contributed by atoms with Crippen molar-refractivity contribution in [3.8, 4) is 5.75 Å². The zero-order chi connectivity index (χ0) is 17.6. The van der Waals surface area contributed by atoms with E-state index in [1.807, 2.05) is 24.3 Å². The highest BCUT2D eigenvalue weighted by molar-refractivity contribution is 5.79. The van der Waals surface area contributed by atoms with Gasteiger partial charge in [-0.3, -0.25) is 9.69 Å². The second kappa shape index (κ2) is 8.21. The molecule has 0 radical (unpaired) electrons. The molecule has 2 N–H and O–H groups in total. The predicted molar refractivity (Wildman–Crippen MR) is 96.0 cm³/mol. The van der Waals surface area contributed by atoms with E-state index < -0.39 is 0 Å². The Labute approximate surface area is 148 Å². The van der Waals surface area contributed by atoms with E-state index in [4.69, 9.17) is 4.42 Å². The van der Waals surface area contributed by atoms with Crippen LogP contribution in [0.4, 0.5) is 0 Å². The number of amides is 1. The fraction of sp³-hybridized carbons (Fsp3) is 0.450. The zero-order valence-electron chi connectivity index (χ0n) is 14.6. The smallest absolute Gasteiger partial charge is 0.223 e. The molecule has 5 nitrogen and oxygen atoms in total. The molecule has 134 valence electrons. The molecule has 1 fully saturated rings. The van der Waals surface area contributed by atoms with Gasteiger partial charge in [-0.15, -0.1) is 0 Å². The first-order valence-electron chi connectivity index (χ1n) is 8.99. The van der Waals surface area contributed by atoms with Gasteiger partial charge in [0.25, 0.3) is 0 Å². The normalized spacial score (nSPS) is 17.3. The Morgan fingerprint density at radius 2 is 2.00 bits per heavy atom. The summed E-state index contributed by atoms with van der Waals surface area (Å²) in [7, 11) is 0. The van der Waals surface area contributed by atoms with Gasteiger partial charge in [-0.1, -0.05) is 19.1 Å². The molecule has 1 aromatic carbocycles.